The molecule has 0 N–H and O–H groups in total. The van der Waals surface area contributed by atoms with Crippen molar-refractivity contribution in [2.75, 3.05) is 6.61 Å². The minimum absolute atomic E-state index is 0.126. The number of rotatable bonds is 6. The van der Waals surface area contributed by atoms with Gasteiger partial charge in [-0.2, -0.15) is 0 Å². The van der Waals surface area contributed by atoms with Gasteiger partial charge in [0.05, 0.1) is 13.0 Å². The molecule has 0 radical (unpaired) electrons. The van der Waals surface area contributed by atoms with E-state index in [9.17, 15) is 9.59 Å². The summed E-state index contributed by atoms with van der Waals surface area (Å²) in [5, 5.41) is 0.695. The summed E-state index contributed by atoms with van der Waals surface area (Å²) in [6, 6.07) is 11.8. The molecule has 2 aromatic rings. The van der Waals surface area contributed by atoms with Gasteiger partial charge in [0, 0.05) is 5.02 Å². The molecule has 0 aromatic heterocycles. The van der Waals surface area contributed by atoms with E-state index in [1.54, 1.807) is 13.8 Å². The van der Waals surface area contributed by atoms with Crippen molar-refractivity contribution in [1.82, 2.24) is 0 Å². The van der Waals surface area contributed by atoms with Crippen LogP contribution in [0.5, 0.6) is 0 Å². The van der Waals surface area contributed by atoms with Crippen LogP contribution in [-0.2, 0) is 25.5 Å². The highest BCUT2D eigenvalue weighted by Crippen LogP contribution is 2.28. The first-order valence-electron chi connectivity index (χ1n) is 8.91. The number of epoxide rings is 1. The molecule has 1 aliphatic heterocycles. The summed E-state index contributed by atoms with van der Waals surface area (Å²) in [5.41, 5.74) is 3.89. The van der Waals surface area contributed by atoms with Gasteiger partial charge in [-0.05, 0) is 67.6 Å². The van der Waals surface area contributed by atoms with Crippen LogP contribution < -0.4 is 0 Å². The number of hydrogen-bond donors (Lipinski definition) is 0. The summed E-state index contributed by atoms with van der Waals surface area (Å²) >= 11 is 5.96. The number of Topliss-reactive ketones (excluding diaryl/α,β-unsaturated/α-hetero) is 1. The van der Waals surface area contributed by atoms with Crippen molar-refractivity contribution in [3.63, 3.8) is 0 Å². The minimum Gasteiger partial charge on any atom is -0.451 e. The topological polar surface area (TPSA) is 55.9 Å². The fraction of sp³-hybridized carbons (Fsp3) is 0.364. The Balaban J connectivity index is 1.75. The van der Waals surface area contributed by atoms with Crippen LogP contribution in [0.3, 0.4) is 0 Å². The van der Waals surface area contributed by atoms with Gasteiger partial charge in [-0.1, -0.05) is 35.9 Å². The lowest BCUT2D eigenvalue weighted by atomic mass is 9.94. The Kier molecular flexibility index (Phi) is 5.41. The Morgan fingerprint density at radius 1 is 1.11 bits per heavy atom. The average Bonchev–Trinajstić information content (AvgIpc) is 3.42. The van der Waals surface area contributed by atoms with E-state index in [2.05, 4.69) is 0 Å². The summed E-state index contributed by atoms with van der Waals surface area (Å²) in [6.45, 7) is 7.58. The van der Waals surface area contributed by atoms with Crippen molar-refractivity contribution in [1.29, 1.82) is 0 Å². The van der Waals surface area contributed by atoms with E-state index in [1.807, 2.05) is 50.2 Å². The molecule has 0 saturated carbocycles. The van der Waals surface area contributed by atoms with Gasteiger partial charge in [0.25, 0.3) is 0 Å². The zero-order valence-electron chi connectivity index (χ0n) is 16.0. The highest BCUT2D eigenvalue weighted by molar-refractivity contribution is 6.30. The molecule has 0 bridgehead atoms. The van der Waals surface area contributed by atoms with Crippen LogP contribution in [0.2, 0.25) is 5.02 Å². The number of ether oxygens (including phenoxy) is 2. The van der Waals surface area contributed by atoms with Crippen LogP contribution in [0.15, 0.2) is 36.4 Å². The number of halogens is 1. The molecule has 0 spiro atoms. The Morgan fingerprint density at radius 3 is 2.19 bits per heavy atom. The van der Waals surface area contributed by atoms with E-state index in [4.69, 9.17) is 21.1 Å². The maximum Gasteiger partial charge on any atom is 0.311 e. The molecule has 5 heteroatoms. The van der Waals surface area contributed by atoms with Gasteiger partial charge in [-0.25, -0.2) is 0 Å². The van der Waals surface area contributed by atoms with Gasteiger partial charge >= 0.3 is 5.97 Å². The first kappa shape index (κ1) is 19.6. The monoisotopic (exact) mass is 386 g/mol. The van der Waals surface area contributed by atoms with E-state index in [0.29, 0.717) is 11.6 Å². The standard InChI is InChI=1S/C22H23ClO4/c1-13-9-16(15-5-7-17(23)8-6-15)10-14(2)18(13)11-20(24)27-22(3,4)21(25)19-12-26-19/h5-10,19H,11-12H2,1-4H3. The maximum absolute atomic E-state index is 12.4. The molecule has 3 rings (SSSR count). The molecule has 1 fully saturated rings. The Labute approximate surface area is 164 Å². The molecule has 142 valence electrons. The maximum atomic E-state index is 12.4. The second-order valence-electron chi connectivity index (χ2n) is 7.44. The lowest BCUT2D eigenvalue weighted by Gasteiger charge is -2.23. The molecule has 0 aliphatic carbocycles. The van der Waals surface area contributed by atoms with Crippen molar-refractivity contribution < 1.29 is 19.1 Å². The fourth-order valence-electron chi connectivity index (χ4n) is 3.18. The second kappa shape index (κ2) is 7.45. The minimum atomic E-state index is -1.18. The predicted molar refractivity (Wildman–Crippen MR) is 105 cm³/mol. The fourth-order valence-corrected chi connectivity index (χ4v) is 3.31. The van der Waals surface area contributed by atoms with E-state index in [0.717, 1.165) is 27.8 Å². The largest absolute Gasteiger partial charge is 0.451 e. The molecule has 1 aliphatic rings. The number of carbonyl (C=O) groups excluding carboxylic acids is 2. The average molecular weight is 387 g/mol. The van der Waals surface area contributed by atoms with Gasteiger partial charge in [-0.3, -0.25) is 9.59 Å². The Hall–Kier alpha value is -2.17. The van der Waals surface area contributed by atoms with Gasteiger partial charge < -0.3 is 9.47 Å². The summed E-state index contributed by atoms with van der Waals surface area (Å²) in [4.78, 5) is 24.6. The van der Waals surface area contributed by atoms with Crippen LogP contribution in [0.4, 0.5) is 0 Å². The quantitative estimate of drug-likeness (QED) is 0.543. The third-order valence-electron chi connectivity index (χ3n) is 4.78. The molecular weight excluding hydrogens is 364 g/mol. The number of aryl methyl sites for hydroxylation is 2. The predicted octanol–water partition coefficient (Wildman–Crippen LogP) is 4.46. The number of benzene rings is 2. The number of ketones is 1. The van der Waals surface area contributed by atoms with E-state index >= 15 is 0 Å². The number of esters is 1. The lowest BCUT2D eigenvalue weighted by Crippen LogP contribution is -2.40. The first-order chi connectivity index (χ1) is 12.7. The van der Waals surface area contributed by atoms with E-state index in [1.165, 1.54) is 0 Å². The Morgan fingerprint density at radius 2 is 1.67 bits per heavy atom. The van der Waals surface area contributed by atoms with Crippen molar-refractivity contribution in [3.05, 3.63) is 58.1 Å². The number of carbonyl (C=O) groups is 2. The number of hydrogen-bond acceptors (Lipinski definition) is 4. The van der Waals surface area contributed by atoms with Crippen LogP contribution in [-0.4, -0.2) is 30.1 Å². The third kappa shape index (κ3) is 4.57. The third-order valence-corrected chi connectivity index (χ3v) is 5.03. The molecule has 1 heterocycles. The molecule has 1 saturated heterocycles. The highest BCUT2D eigenvalue weighted by Gasteiger charge is 2.43. The van der Waals surface area contributed by atoms with Crippen molar-refractivity contribution in [2.24, 2.45) is 0 Å². The van der Waals surface area contributed by atoms with Crippen molar-refractivity contribution in [3.8, 4) is 11.1 Å². The molecule has 1 atom stereocenters. The highest BCUT2D eigenvalue weighted by atomic mass is 35.5. The summed E-state index contributed by atoms with van der Waals surface area (Å²) in [7, 11) is 0. The molecule has 2 aromatic carbocycles. The van der Waals surface area contributed by atoms with Gasteiger partial charge in [0.2, 0.25) is 5.78 Å². The zero-order chi connectivity index (χ0) is 19.8. The van der Waals surface area contributed by atoms with Crippen LogP contribution in [0.1, 0.15) is 30.5 Å². The second-order valence-corrected chi connectivity index (χ2v) is 7.88. The van der Waals surface area contributed by atoms with Gasteiger partial charge in [0.15, 0.2) is 5.60 Å². The van der Waals surface area contributed by atoms with Crippen LogP contribution in [0, 0.1) is 13.8 Å². The molecule has 0 amide bonds. The Bertz CT molecular complexity index is 857. The first-order valence-corrected chi connectivity index (χ1v) is 9.29. The smallest absolute Gasteiger partial charge is 0.311 e. The van der Waals surface area contributed by atoms with E-state index < -0.39 is 17.7 Å². The lowest BCUT2D eigenvalue weighted by molar-refractivity contribution is -0.163. The van der Waals surface area contributed by atoms with Crippen molar-refractivity contribution in [2.45, 2.75) is 45.8 Å². The molecule has 1 unspecified atom stereocenters. The van der Waals surface area contributed by atoms with Gasteiger partial charge in [0.1, 0.15) is 6.10 Å². The van der Waals surface area contributed by atoms with Crippen LogP contribution >= 0.6 is 11.6 Å². The summed E-state index contributed by atoms with van der Waals surface area (Å²) in [6.07, 6.45) is -0.309. The summed E-state index contributed by atoms with van der Waals surface area (Å²) < 4.78 is 10.5. The van der Waals surface area contributed by atoms with Gasteiger partial charge in [-0.15, -0.1) is 0 Å². The molecule has 27 heavy (non-hydrogen) atoms. The molecule has 4 nitrogen and oxygen atoms in total. The summed E-state index contributed by atoms with van der Waals surface area (Å²) in [5.74, 6) is -0.609. The van der Waals surface area contributed by atoms with Crippen molar-refractivity contribution >= 4 is 23.4 Å². The van der Waals surface area contributed by atoms with Crippen LogP contribution in [0.25, 0.3) is 11.1 Å². The normalized spacial score (nSPS) is 16.1. The van der Waals surface area contributed by atoms with E-state index in [-0.39, 0.29) is 12.2 Å². The zero-order valence-corrected chi connectivity index (χ0v) is 16.7. The molecular formula is C22H23ClO4. The SMILES string of the molecule is Cc1cc(-c2ccc(Cl)cc2)cc(C)c1CC(=O)OC(C)(C)C(=O)C1CO1.